The van der Waals surface area contributed by atoms with Crippen LogP contribution in [-0.4, -0.2) is 22.5 Å². The minimum Gasteiger partial charge on any atom is -0.508 e. The molecule has 0 bridgehead atoms. The van der Waals surface area contributed by atoms with Crippen LogP contribution in [0.1, 0.15) is 21.5 Å². The average molecular weight is 367 g/mol. The van der Waals surface area contributed by atoms with E-state index in [1.54, 1.807) is 29.2 Å². The molecule has 1 aliphatic heterocycles. The number of carbonyl (C=O) groups is 1. The summed E-state index contributed by atoms with van der Waals surface area (Å²) in [6, 6.07) is 10.6. The van der Waals surface area contributed by atoms with E-state index >= 15 is 0 Å². The summed E-state index contributed by atoms with van der Waals surface area (Å²) < 4.78 is 0.845. The van der Waals surface area contributed by atoms with E-state index in [1.165, 1.54) is 5.56 Å². The lowest BCUT2D eigenvalue weighted by atomic mass is 9.99. The Morgan fingerprint density at radius 2 is 2.00 bits per heavy atom. The summed E-state index contributed by atoms with van der Waals surface area (Å²) in [6.07, 6.45) is 0.787. The molecule has 0 unspecified atom stereocenters. The van der Waals surface area contributed by atoms with E-state index in [2.05, 4.69) is 15.9 Å². The summed E-state index contributed by atoms with van der Waals surface area (Å²) in [4.78, 5) is 14.4. The van der Waals surface area contributed by atoms with Crippen molar-refractivity contribution in [2.24, 2.45) is 0 Å². The zero-order valence-corrected chi connectivity index (χ0v) is 13.5. The highest BCUT2D eigenvalue weighted by Gasteiger charge is 2.23. The maximum Gasteiger partial charge on any atom is 0.255 e. The number of fused-ring (bicyclic) bond motifs is 1. The van der Waals surface area contributed by atoms with Gasteiger partial charge in [0.25, 0.3) is 5.91 Å². The van der Waals surface area contributed by atoms with Crippen LogP contribution in [0.4, 0.5) is 0 Å². The number of benzene rings is 2. The number of nitrogens with zero attached hydrogens (tertiary/aromatic N) is 1. The number of halogens is 2. The van der Waals surface area contributed by atoms with Gasteiger partial charge in [-0.3, -0.25) is 4.79 Å². The molecule has 3 rings (SSSR count). The second-order valence-corrected chi connectivity index (χ2v) is 6.38. The quantitative estimate of drug-likeness (QED) is 0.828. The maximum absolute atomic E-state index is 12.6. The maximum atomic E-state index is 12.6. The molecule has 0 saturated heterocycles. The minimum absolute atomic E-state index is 0.0820. The number of amides is 1. The Labute approximate surface area is 136 Å². The molecule has 0 aliphatic carbocycles. The number of hydrogen-bond donors (Lipinski definition) is 1. The molecule has 1 amide bonds. The van der Waals surface area contributed by atoms with Crippen molar-refractivity contribution < 1.29 is 9.90 Å². The van der Waals surface area contributed by atoms with Crippen LogP contribution < -0.4 is 0 Å². The van der Waals surface area contributed by atoms with E-state index in [0.29, 0.717) is 23.7 Å². The Hall–Kier alpha value is -1.52. The predicted octanol–water partition coefficient (Wildman–Crippen LogP) is 4.01. The summed E-state index contributed by atoms with van der Waals surface area (Å²) in [5, 5.41) is 10.0. The Bertz CT molecular complexity index is 717. The van der Waals surface area contributed by atoms with Crippen LogP contribution in [-0.2, 0) is 13.0 Å². The van der Waals surface area contributed by atoms with E-state index in [-0.39, 0.29) is 11.7 Å². The first kappa shape index (κ1) is 14.4. The lowest BCUT2D eigenvalue weighted by molar-refractivity contribution is 0.0734. The topological polar surface area (TPSA) is 40.5 Å². The van der Waals surface area contributed by atoms with Crippen LogP contribution in [0, 0.1) is 0 Å². The molecule has 0 spiro atoms. The Balaban J connectivity index is 1.87. The van der Waals surface area contributed by atoms with Crippen molar-refractivity contribution in [1.29, 1.82) is 0 Å². The molecule has 0 fully saturated rings. The van der Waals surface area contributed by atoms with Gasteiger partial charge in [-0.15, -0.1) is 0 Å². The molecule has 21 heavy (non-hydrogen) atoms. The molecular formula is C16H13BrClNO2. The fraction of sp³-hybridized carbons (Fsp3) is 0.188. The zero-order valence-electron chi connectivity index (χ0n) is 11.1. The van der Waals surface area contributed by atoms with Crippen LogP contribution >= 0.6 is 27.5 Å². The van der Waals surface area contributed by atoms with Crippen molar-refractivity contribution in [1.82, 2.24) is 4.90 Å². The SMILES string of the molecule is O=C(c1ccc(Br)cc1Cl)N1CCc2ccc(O)cc2C1. The molecule has 2 aromatic carbocycles. The van der Waals surface area contributed by atoms with Gasteiger partial charge in [0.2, 0.25) is 0 Å². The number of phenols is 1. The molecule has 0 radical (unpaired) electrons. The standard InChI is InChI=1S/C16H13BrClNO2/c17-12-2-4-14(15(18)8-12)16(21)19-6-5-10-1-3-13(20)7-11(10)9-19/h1-4,7-8,20H,5-6,9H2. The van der Waals surface area contributed by atoms with Gasteiger partial charge in [0.1, 0.15) is 5.75 Å². The van der Waals surface area contributed by atoms with Crippen molar-refractivity contribution in [3.05, 3.63) is 62.6 Å². The van der Waals surface area contributed by atoms with E-state index in [1.807, 2.05) is 12.1 Å². The Morgan fingerprint density at radius 1 is 1.19 bits per heavy atom. The molecule has 3 nitrogen and oxygen atoms in total. The monoisotopic (exact) mass is 365 g/mol. The highest BCUT2D eigenvalue weighted by molar-refractivity contribution is 9.10. The van der Waals surface area contributed by atoms with Crippen molar-refractivity contribution in [2.45, 2.75) is 13.0 Å². The number of phenolic OH excluding ortho intramolecular Hbond substituents is 1. The zero-order chi connectivity index (χ0) is 15.0. The molecule has 0 atom stereocenters. The fourth-order valence-electron chi connectivity index (χ4n) is 2.55. The fourth-order valence-corrected chi connectivity index (χ4v) is 3.30. The predicted molar refractivity (Wildman–Crippen MR) is 85.7 cm³/mol. The summed E-state index contributed by atoms with van der Waals surface area (Å²) in [7, 11) is 0. The lowest BCUT2D eigenvalue weighted by Crippen LogP contribution is -2.36. The van der Waals surface area contributed by atoms with Gasteiger partial charge in [-0.2, -0.15) is 0 Å². The van der Waals surface area contributed by atoms with E-state index in [4.69, 9.17) is 11.6 Å². The molecule has 1 aliphatic rings. The Kier molecular flexibility index (Phi) is 3.91. The molecule has 108 valence electrons. The highest BCUT2D eigenvalue weighted by atomic mass is 79.9. The number of carbonyl (C=O) groups excluding carboxylic acids is 1. The summed E-state index contributed by atoms with van der Waals surface area (Å²) >= 11 is 9.49. The third kappa shape index (κ3) is 2.92. The number of aromatic hydroxyl groups is 1. The van der Waals surface area contributed by atoms with Gasteiger partial charge >= 0.3 is 0 Å². The summed E-state index contributed by atoms with van der Waals surface area (Å²) in [5.74, 6) is 0.145. The van der Waals surface area contributed by atoms with Gasteiger partial charge in [0.05, 0.1) is 10.6 Å². The van der Waals surface area contributed by atoms with Crippen LogP contribution in [0.2, 0.25) is 5.02 Å². The normalized spacial score (nSPS) is 13.9. The van der Waals surface area contributed by atoms with Gasteiger partial charge in [0, 0.05) is 17.6 Å². The smallest absolute Gasteiger partial charge is 0.255 e. The summed E-state index contributed by atoms with van der Waals surface area (Å²) in [6.45, 7) is 1.15. The second kappa shape index (κ2) is 5.70. The average Bonchev–Trinajstić information content (AvgIpc) is 2.46. The third-order valence-electron chi connectivity index (χ3n) is 3.65. The van der Waals surface area contributed by atoms with Gasteiger partial charge in [0.15, 0.2) is 0 Å². The molecule has 2 aromatic rings. The first-order chi connectivity index (χ1) is 10.0. The number of rotatable bonds is 1. The van der Waals surface area contributed by atoms with Gasteiger partial charge in [-0.05, 0) is 47.9 Å². The van der Waals surface area contributed by atoms with Crippen LogP contribution in [0.5, 0.6) is 5.75 Å². The molecular weight excluding hydrogens is 354 g/mol. The van der Waals surface area contributed by atoms with E-state index in [9.17, 15) is 9.90 Å². The van der Waals surface area contributed by atoms with Crippen molar-refractivity contribution in [3.63, 3.8) is 0 Å². The van der Waals surface area contributed by atoms with Crippen molar-refractivity contribution in [2.75, 3.05) is 6.54 Å². The molecule has 5 heteroatoms. The largest absolute Gasteiger partial charge is 0.508 e. The van der Waals surface area contributed by atoms with E-state index < -0.39 is 0 Å². The lowest BCUT2D eigenvalue weighted by Gasteiger charge is -2.29. The summed E-state index contributed by atoms with van der Waals surface area (Å²) in [5.41, 5.74) is 2.67. The van der Waals surface area contributed by atoms with Crippen LogP contribution in [0.25, 0.3) is 0 Å². The molecule has 0 aromatic heterocycles. The molecule has 1 heterocycles. The highest BCUT2D eigenvalue weighted by Crippen LogP contribution is 2.27. The first-order valence-corrected chi connectivity index (χ1v) is 7.77. The Morgan fingerprint density at radius 3 is 2.76 bits per heavy atom. The second-order valence-electron chi connectivity index (χ2n) is 5.05. The minimum atomic E-state index is -0.0820. The van der Waals surface area contributed by atoms with Crippen molar-refractivity contribution in [3.8, 4) is 5.75 Å². The first-order valence-electron chi connectivity index (χ1n) is 6.59. The van der Waals surface area contributed by atoms with Crippen LogP contribution in [0.15, 0.2) is 40.9 Å². The number of hydrogen-bond acceptors (Lipinski definition) is 2. The molecule has 1 N–H and O–H groups in total. The van der Waals surface area contributed by atoms with Gasteiger partial charge < -0.3 is 10.0 Å². The molecule has 0 saturated carbocycles. The van der Waals surface area contributed by atoms with Gasteiger partial charge in [-0.1, -0.05) is 33.6 Å². The van der Waals surface area contributed by atoms with Gasteiger partial charge in [-0.25, -0.2) is 0 Å². The third-order valence-corrected chi connectivity index (χ3v) is 4.46. The van der Waals surface area contributed by atoms with Crippen LogP contribution in [0.3, 0.4) is 0 Å². The van der Waals surface area contributed by atoms with Crippen molar-refractivity contribution >= 4 is 33.4 Å². The van der Waals surface area contributed by atoms with E-state index in [0.717, 1.165) is 16.5 Å².